The van der Waals surface area contributed by atoms with Gasteiger partial charge in [-0.2, -0.15) is 0 Å². The normalized spacial score (nSPS) is 12.0. The third-order valence-corrected chi connectivity index (χ3v) is 3.28. The van der Waals surface area contributed by atoms with E-state index in [0.717, 1.165) is 29.5 Å². The van der Waals surface area contributed by atoms with Gasteiger partial charge in [0.1, 0.15) is 23.0 Å². The molecule has 0 spiro atoms. The zero-order chi connectivity index (χ0) is 11.8. The van der Waals surface area contributed by atoms with Crippen LogP contribution in [0.4, 0.5) is 0 Å². The monoisotopic (exact) mass is 218 g/mol. The first-order chi connectivity index (χ1) is 7.56. The zero-order valence-electron chi connectivity index (χ0n) is 10.3. The molecule has 0 amide bonds. The van der Waals surface area contributed by atoms with E-state index in [2.05, 4.69) is 13.8 Å². The molecule has 0 N–H and O–H groups in total. The molecule has 2 aromatic rings. The molecule has 86 valence electrons. The summed E-state index contributed by atoms with van der Waals surface area (Å²) in [5.74, 6) is 3.83. The van der Waals surface area contributed by atoms with E-state index in [1.54, 1.807) is 0 Å². The molecule has 2 rings (SSSR count). The second-order valence-electron chi connectivity index (χ2n) is 4.51. The number of aryl methyl sites for hydroxylation is 2. The zero-order valence-corrected chi connectivity index (χ0v) is 10.3. The predicted octanol–water partition coefficient (Wildman–Crippen LogP) is 4.21. The quantitative estimate of drug-likeness (QED) is 0.771. The van der Waals surface area contributed by atoms with Crippen LogP contribution in [0.15, 0.2) is 33.1 Å². The second kappa shape index (κ2) is 3.85. The van der Waals surface area contributed by atoms with Gasteiger partial charge in [-0.3, -0.25) is 0 Å². The maximum atomic E-state index is 5.74. The molecule has 0 saturated carbocycles. The molecule has 0 aliphatic rings. The van der Waals surface area contributed by atoms with E-state index in [9.17, 15) is 0 Å². The Bertz CT molecular complexity index is 436. The molecule has 0 radical (unpaired) electrons. The van der Waals surface area contributed by atoms with Crippen molar-refractivity contribution in [1.29, 1.82) is 0 Å². The van der Waals surface area contributed by atoms with E-state index in [4.69, 9.17) is 8.83 Å². The lowest BCUT2D eigenvalue weighted by molar-refractivity contribution is 0.325. The first-order valence-corrected chi connectivity index (χ1v) is 5.70. The summed E-state index contributed by atoms with van der Waals surface area (Å²) in [6.07, 6.45) is 0.951. The van der Waals surface area contributed by atoms with Crippen LogP contribution in [0.2, 0.25) is 0 Å². The first kappa shape index (κ1) is 11.1. The van der Waals surface area contributed by atoms with Crippen LogP contribution in [-0.2, 0) is 5.41 Å². The standard InChI is InChI=1S/C14H18O2/c1-5-14(4,12-8-6-10(2)15-12)13-9-7-11(3)16-13/h6-9H,5H2,1-4H3. The van der Waals surface area contributed by atoms with Crippen LogP contribution in [0.3, 0.4) is 0 Å². The lowest BCUT2D eigenvalue weighted by Gasteiger charge is -2.23. The summed E-state index contributed by atoms with van der Waals surface area (Å²) in [7, 11) is 0. The molecule has 0 saturated heterocycles. The largest absolute Gasteiger partial charge is 0.465 e. The van der Waals surface area contributed by atoms with Crippen molar-refractivity contribution in [3.05, 3.63) is 47.3 Å². The van der Waals surface area contributed by atoms with Gasteiger partial charge in [0.25, 0.3) is 0 Å². The molecule has 2 nitrogen and oxygen atoms in total. The topological polar surface area (TPSA) is 26.3 Å². The third-order valence-electron chi connectivity index (χ3n) is 3.28. The van der Waals surface area contributed by atoms with Crippen LogP contribution >= 0.6 is 0 Å². The fourth-order valence-electron chi connectivity index (χ4n) is 1.93. The van der Waals surface area contributed by atoms with Gasteiger partial charge in [0.2, 0.25) is 0 Å². The van der Waals surface area contributed by atoms with Crippen LogP contribution in [0.1, 0.15) is 43.3 Å². The van der Waals surface area contributed by atoms with E-state index in [1.807, 2.05) is 38.1 Å². The van der Waals surface area contributed by atoms with Crippen molar-refractivity contribution < 1.29 is 8.83 Å². The lowest BCUT2D eigenvalue weighted by atomic mass is 9.82. The van der Waals surface area contributed by atoms with Crippen molar-refractivity contribution in [3.8, 4) is 0 Å². The second-order valence-corrected chi connectivity index (χ2v) is 4.51. The highest BCUT2D eigenvalue weighted by molar-refractivity contribution is 5.28. The molecule has 16 heavy (non-hydrogen) atoms. The number of rotatable bonds is 3. The van der Waals surface area contributed by atoms with Crippen LogP contribution in [-0.4, -0.2) is 0 Å². The van der Waals surface area contributed by atoms with Gasteiger partial charge in [-0.25, -0.2) is 0 Å². The Morgan fingerprint density at radius 1 is 0.938 bits per heavy atom. The highest BCUT2D eigenvalue weighted by atomic mass is 16.4. The molecular weight excluding hydrogens is 200 g/mol. The van der Waals surface area contributed by atoms with Gasteiger partial charge < -0.3 is 8.83 Å². The summed E-state index contributed by atoms with van der Waals surface area (Å²) < 4.78 is 11.5. The molecule has 2 aromatic heterocycles. The molecule has 0 fully saturated rings. The predicted molar refractivity (Wildman–Crippen MR) is 63.6 cm³/mol. The van der Waals surface area contributed by atoms with Gasteiger partial charge >= 0.3 is 0 Å². The lowest BCUT2D eigenvalue weighted by Crippen LogP contribution is -2.20. The van der Waals surface area contributed by atoms with E-state index in [0.29, 0.717) is 0 Å². The minimum absolute atomic E-state index is 0.164. The van der Waals surface area contributed by atoms with Gasteiger partial charge in [-0.1, -0.05) is 6.92 Å². The summed E-state index contributed by atoms with van der Waals surface area (Å²) in [4.78, 5) is 0. The molecule has 0 aliphatic heterocycles. The van der Waals surface area contributed by atoms with E-state index in [-0.39, 0.29) is 5.41 Å². The van der Waals surface area contributed by atoms with Crippen LogP contribution in [0, 0.1) is 13.8 Å². The Kier molecular flexibility index (Phi) is 2.66. The molecule has 0 bridgehead atoms. The van der Waals surface area contributed by atoms with Crippen LogP contribution < -0.4 is 0 Å². The van der Waals surface area contributed by atoms with Gasteiger partial charge in [0.15, 0.2) is 0 Å². The summed E-state index contributed by atoms with van der Waals surface area (Å²) in [6, 6.07) is 8.07. The van der Waals surface area contributed by atoms with E-state index >= 15 is 0 Å². The Balaban J connectivity index is 2.47. The summed E-state index contributed by atoms with van der Waals surface area (Å²) in [5, 5.41) is 0. The highest BCUT2D eigenvalue weighted by Crippen LogP contribution is 2.36. The van der Waals surface area contributed by atoms with Crippen molar-refractivity contribution in [3.63, 3.8) is 0 Å². The molecule has 2 heteroatoms. The highest BCUT2D eigenvalue weighted by Gasteiger charge is 2.33. The van der Waals surface area contributed by atoms with Crippen molar-refractivity contribution in [2.45, 2.75) is 39.5 Å². The molecule has 0 atom stereocenters. The van der Waals surface area contributed by atoms with Crippen LogP contribution in [0.25, 0.3) is 0 Å². The van der Waals surface area contributed by atoms with Crippen molar-refractivity contribution in [1.82, 2.24) is 0 Å². The minimum Gasteiger partial charge on any atom is -0.465 e. The molecule has 0 aromatic carbocycles. The number of hydrogen-bond donors (Lipinski definition) is 0. The van der Waals surface area contributed by atoms with E-state index < -0.39 is 0 Å². The maximum Gasteiger partial charge on any atom is 0.117 e. The SMILES string of the molecule is CCC(C)(c1ccc(C)o1)c1ccc(C)o1. The average molecular weight is 218 g/mol. The minimum atomic E-state index is -0.164. The summed E-state index contributed by atoms with van der Waals surface area (Å²) in [5.41, 5.74) is -0.164. The Hall–Kier alpha value is -1.44. The van der Waals surface area contributed by atoms with Gasteiger partial charge in [0, 0.05) is 0 Å². The molecule has 2 heterocycles. The van der Waals surface area contributed by atoms with E-state index in [1.165, 1.54) is 0 Å². The fraction of sp³-hybridized carbons (Fsp3) is 0.429. The fourth-order valence-corrected chi connectivity index (χ4v) is 1.93. The van der Waals surface area contributed by atoms with Crippen molar-refractivity contribution in [2.75, 3.05) is 0 Å². The number of furan rings is 2. The van der Waals surface area contributed by atoms with Crippen LogP contribution in [0.5, 0.6) is 0 Å². The smallest absolute Gasteiger partial charge is 0.117 e. The van der Waals surface area contributed by atoms with Crippen molar-refractivity contribution in [2.24, 2.45) is 0 Å². The molecule has 0 aliphatic carbocycles. The van der Waals surface area contributed by atoms with Gasteiger partial charge in [-0.05, 0) is 51.5 Å². The Morgan fingerprint density at radius 2 is 1.38 bits per heavy atom. The van der Waals surface area contributed by atoms with Crippen molar-refractivity contribution >= 4 is 0 Å². The maximum absolute atomic E-state index is 5.74. The van der Waals surface area contributed by atoms with Gasteiger partial charge in [-0.15, -0.1) is 0 Å². The van der Waals surface area contributed by atoms with Gasteiger partial charge in [0.05, 0.1) is 5.41 Å². The Labute approximate surface area is 96.3 Å². The Morgan fingerprint density at radius 3 is 1.62 bits per heavy atom. The first-order valence-electron chi connectivity index (χ1n) is 5.70. The average Bonchev–Trinajstić information content (AvgIpc) is 2.86. The summed E-state index contributed by atoms with van der Waals surface area (Å²) >= 11 is 0. The molecule has 0 unspecified atom stereocenters. The molecular formula is C14H18O2. The summed E-state index contributed by atoms with van der Waals surface area (Å²) in [6.45, 7) is 8.24. The number of hydrogen-bond acceptors (Lipinski definition) is 2. The third kappa shape index (κ3) is 1.69.